The number of aryl methyl sites for hydroxylation is 2. The number of piperazine rings is 1. The second-order valence-corrected chi connectivity index (χ2v) is 7.05. The highest BCUT2D eigenvalue weighted by Crippen LogP contribution is 2.24. The lowest BCUT2D eigenvalue weighted by Gasteiger charge is -2.37. The highest BCUT2D eigenvalue weighted by molar-refractivity contribution is 5.98. The zero-order valence-corrected chi connectivity index (χ0v) is 16.0. The Morgan fingerprint density at radius 3 is 2.58 bits per heavy atom. The van der Waals surface area contributed by atoms with Gasteiger partial charge in [-0.25, -0.2) is 0 Å². The number of nitrogens with zero attached hydrogens (tertiary/aromatic N) is 3. The largest absolute Gasteiger partial charge is 0.342 e. The van der Waals surface area contributed by atoms with Crippen molar-refractivity contribution in [3.05, 3.63) is 52.7 Å². The van der Waals surface area contributed by atoms with Crippen LogP contribution in [-0.2, 0) is 4.79 Å². The fourth-order valence-electron chi connectivity index (χ4n) is 3.31. The van der Waals surface area contributed by atoms with Gasteiger partial charge >= 0.3 is 0 Å². The van der Waals surface area contributed by atoms with Gasteiger partial charge in [0.25, 0.3) is 5.91 Å². The maximum atomic E-state index is 13.0. The Labute approximate surface area is 154 Å². The molecule has 2 heterocycles. The summed E-state index contributed by atoms with van der Waals surface area (Å²) in [5.41, 5.74) is 5.73. The second-order valence-electron chi connectivity index (χ2n) is 7.05. The first kappa shape index (κ1) is 18.1. The molecule has 1 fully saturated rings. The molecule has 5 nitrogen and oxygen atoms in total. The predicted octanol–water partition coefficient (Wildman–Crippen LogP) is 2.98. The van der Waals surface area contributed by atoms with Crippen LogP contribution in [0.5, 0.6) is 0 Å². The summed E-state index contributed by atoms with van der Waals surface area (Å²) in [6.07, 6.45) is 0. The number of hydrogen-bond donors (Lipinski definition) is 0. The lowest BCUT2D eigenvalue weighted by molar-refractivity contribution is -0.137. The van der Waals surface area contributed by atoms with Crippen molar-refractivity contribution >= 4 is 11.8 Å². The molecule has 1 aromatic heterocycles. The normalized spacial score (nSPS) is 17.6. The molecule has 0 saturated carbocycles. The average Bonchev–Trinajstić information content (AvgIpc) is 2.63. The van der Waals surface area contributed by atoms with Gasteiger partial charge in [0.2, 0.25) is 5.91 Å². The van der Waals surface area contributed by atoms with E-state index in [1.807, 2.05) is 31.2 Å². The van der Waals surface area contributed by atoms with Crippen LogP contribution in [0.3, 0.4) is 0 Å². The Morgan fingerprint density at radius 1 is 1.15 bits per heavy atom. The molecule has 136 valence electrons. The van der Waals surface area contributed by atoms with E-state index in [9.17, 15) is 9.59 Å². The Morgan fingerprint density at radius 2 is 1.88 bits per heavy atom. The SMILES string of the molecule is Cc1cc(-c2cccc(C(=O)N3CCN(C)C(=O)[C@H]3C)c2)nc(C)c1C. The van der Waals surface area contributed by atoms with Gasteiger partial charge in [-0.3, -0.25) is 14.6 Å². The van der Waals surface area contributed by atoms with Gasteiger partial charge in [-0.05, 0) is 57.0 Å². The molecule has 0 unspecified atom stereocenters. The number of amides is 2. The van der Waals surface area contributed by atoms with E-state index in [2.05, 4.69) is 18.8 Å². The molecule has 5 heteroatoms. The van der Waals surface area contributed by atoms with Crippen LogP contribution in [0.2, 0.25) is 0 Å². The number of pyridine rings is 1. The van der Waals surface area contributed by atoms with Crippen molar-refractivity contribution in [3.63, 3.8) is 0 Å². The molecular formula is C21H25N3O2. The molecule has 3 rings (SSSR count). The number of rotatable bonds is 2. The fraction of sp³-hybridized carbons (Fsp3) is 0.381. The molecule has 1 saturated heterocycles. The monoisotopic (exact) mass is 351 g/mol. The quantitative estimate of drug-likeness (QED) is 0.836. The first-order valence-electron chi connectivity index (χ1n) is 8.91. The Balaban J connectivity index is 1.92. The van der Waals surface area contributed by atoms with Crippen LogP contribution < -0.4 is 0 Å². The third-order valence-electron chi connectivity index (χ3n) is 5.32. The first-order chi connectivity index (χ1) is 12.3. The summed E-state index contributed by atoms with van der Waals surface area (Å²) < 4.78 is 0. The van der Waals surface area contributed by atoms with Gasteiger partial charge in [0.15, 0.2) is 0 Å². The van der Waals surface area contributed by atoms with Crippen molar-refractivity contribution in [2.24, 2.45) is 0 Å². The second kappa shape index (κ2) is 6.90. The van der Waals surface area contributed by atoms with E-state index >= 15 is 0 Å². The average molecular weight is 351 g/mol. The Kier molecular flexibility index (Phi) is 4.81. The zero-order chi connectivity index (χ0) is 19.0. The molecule has 26 heavy (non-hydrogen) atoms. The van der Waals surface area contributed by atoms with Gasteiger partial charge in [-0.15, -0.1) is 0 Å². The number of carbonyl (C=O) groups excluding carboxylic acids is 2. The molecule has 0 radical (unpaired) electrons. The first-order valence-corrected chi connectivity index (χ1v) is 8.91. The minimum absolute atomic E-state index is 0.0211. The Bertz CT molecular complexity index is 852. The molecule has 2 amide bonds. The van der Waals surface area contributed by atoms with Crippen LogP contribution in [-0.4, -0.2) is 52.8 Å². The van der Waals surface area contributed by atoms with E-state index in [4.69, 9.17) is 0 Å². The van der Waals surface area contributed by atoms with Crippen molar-refractivity contribution in [2.45, 2.75) is 33.7 Å². The van der Waals surface area contributed by atoms with E-state index in [0.29, 0.717) is 18.7 Å². The molecule has 2 aromatic rings. The summed E-state index contributed by atoms with van der Waals surface area (Å²) in [7, 11) is 1.77. The van der Waals surface area contributed by atoms with Gasteiger partial charge in [0.1, 0.15) is 6.04 Å². The summed E-state index contributed by atoms with van der Waals surface area (Å²) in [4.78, 5) is 33.2. The molecule has 0 N–H and O–H groups in total. The lowest BCUT2D eigenvalue weighted by Crippen LogP contribution is -2.56. The molecule has 1 aliphatic heterocycles. The number of hydrogen-bond acceptors (Lipinski definition) is 3. The topological polar surface area (TPSA) is 53.5 Å². The van der Waals surface area contributed by atoms with Gasteiger partial charge in [0, 0.05) is 37.0 Å². The molecule has 1 aromatic carbocycles. The molecule has 0 spiro atoms. The number of likely N-dealkylation sites (N-methyl/N-ethyl adjacent to an activating group) is 1. The highest BCUT2D eigenvalue weighted by atomic mass is 16.2. The summed E-state index contributed by atoms with van der Waals surface area (Å²) >= 11 is 0. The third kappa shape index (κ3) is 3.21. The molecule has 1 aliphatic rings. The van der Waals surface area contributed by atoms with Crippen molar-refractivity contribution in [2.75, 3.05) is 20.1 Å². The number of carbonyl (C=O) groups is 2. The minimum atomic E-state index is -0.438. The van der Waals surface area contributed by atoms with Gasteiger partial charge in [0.05, 0.1) is 5.69 Å². The fourth-order valence-corrected chi connectivity index (χ4v) is 3.31. The van der Waals surface area contributed by atoms with Crippen LogP contribution in [0.15, 0.2) is 30.3 Å². The Hall–Kier alpha value is -2.69. The van der Waals surface area contributed by atoms with Crippen LogP contribution in [0.25, 0.3) is 11.3 Å². The predicted molar refractivity (Wildman–Crippen MR) is 102 cm³/mol. The smallest absolute Gasteiger partial charge is 0.254 e. The molecule has 0 bridgehead atoms. The summed E-state index contributed by atoms with van der Waals surface area (Å²) in [6.45, 7) is 9.03. The number of benzene rings is 1. The summed E-state index contributed by atoms with van der Waals surface area (Å²) in [5.74, 6) is -0.131. The van der Waals surface area contributed by atoms with E-state index in [-0.39, 0.29) is 11.8 Å². The van der Waals surface area contributed by atoms with Crippen molar-refractivity contribution < 1.29 is 9.59 Å². The lowest BCUT2D eigenvalue weighted by atomic mass is 10.0. The summed E-state index contributed by atoms with van der Waals surface area (Å²) in [6, 6.07) is 9.12. The van der Waals surface area contributed by atoms with E-state index in [0.717, 1.165) is 17.0 Å². The number of aromatic nitrogens is 1. The third-order valence-corrected chi connectivity index (χ3v) is 5.32. The minimum Gasteiger partial charge on any atom is -0.342 e. The molecule has 1 atom stereocenters. The standard InChI is InChI=1S/C21H25N3O2/c1-13-11-19(22-15(3)14(13)2)17-7-6-8-18(12-17)21(26)24-10-9-23(5)20(25)16(24)4/h6-8,11-12,16H,9-10H2,1-5H3/t16-/m1/s1. The van der Waals surface area contributed by atoms with Crippen molar-refractivity contribution in [1.82, 2.24) is 14.8 Å². The maximum Gasteiger partial charge on any atom is 0.254 e. The highest BCUT2D eigenvalue weighted by Gasteiger charge is 2.33. The van der Waals surface area contributed by atoms with Gasteiger partial charge < -0.3 is 9.80 Å². The van der Waals surface area contributed by atoms with Crippen LogP contribution in [0, 0.1) is 20.8 Å². The molecule has 0 aliphatic carbocycles. The van der Waals surface area contributed by atoms with E-state index < -0.39 is 6.04 Å². The maximum absolute atomic E-state index is 13.0. The molecular weight excluding hydrogens is 326 g/mol. The zero-order valence-electron chi connectivity index (χ0n) is 16.0. The van der Waals surface area contributed by atoms with Crippen LogP contribution >= 0.6 is 0 Å². The van der Waals surface area contributed by atoms with E-state index in [1.165, 1.54) is 11.1 Å². The van der Waals surface area contributed by atoms with Crippen LogP contribution in [0.1, 0.15) is 34.1 Å². The van der Waals surface area contributed by atoms with Gasteiger partial charge in [-0.1, -0.05) is 12.1 Å². The van der Waals surface area contributed by atoms with Gasteiger partial charge in [-0.2, -0.15) is 0 Å². The van der Waals surface area contributed by atoms with Crippen molar-refractivity contribution in [1.29, 1.82) is 0 Å². The van der Waals surface area contributed by atoms with Crippen LogP contribution in [0.4, 0.5) is 0 Å². The van der Waals surface area contributed by atoms with Crippen molar-refractivity contribution in [3.8, 4) is 11.3 Å². The van der Waals surface area contributed by atoms with E-state index in [1.54, 1.807) is 29.8 Å². The summed E-state index contributed by atoms with van der Waals surface area (Å²) in [5, 5.41) is 0.